The first kappa shape index (κ1) is 13.3. The Labute approximate surface area is 118 Å². The second-order valence-corrected chi connectivity index (χ2v) is 6.60. The summed E-state index contributed by atoms with van der Waals surface area (Å²) in [5, 5.41) is 3.34. The van der Waals surface area contributed by atoms with Crippen LogP contribution < -0.4 is 5.32 Å². The molecule has 0 aliphatic carbocycles. The highest BCUT2D eigenvalue weighted by Crippen LogP contribution is 2.65. The van der Waals surface area contributed by atoms with E-state index < -0.39 is 7.60 Å². The lowest BCUT2D eigenvalue weighted by molar-refractivity contribution is 0.280. The summed E-state index contributed by atoms with van der Waals surface area (Å²) in [5.41, 5.74) is 4.09. The van der Waals surface area contributed by atoms with Crippen LogP contribution in [0, 0.1) is 5.66 Å². The van der Waals surface area contributed by atoms with Gasteiger partial charge in [-0.2, -0.15) is 0 Å². The molecule has 1 aliphatic rings. The van der Waals surface area contributed by atoms with E-state index in [-0.39, 0.29) is 0 Å². The van der Waals surface area contributed by atoms with Crippen molar-refractivity contribution in [2.24, 2.45) is 0 Å². The van der Waals surface area contributed by atoms with Crippen molar-refractivity contribution < 1.29 is 13.6 Å². The van der Waals surface area contributed by atoms with Crippen molar-refractivity contribution in [2.75, 3.05) is 19.5 Å². The van der Waals surface area contributed by atoms with Gasteiger partial charge in [0.1, 0.15) is 0 Å². The topological polar surface area (TPSA) is 47.6 Å². The average Bonchev–Trinajstić information content (AvgIpc) is 2.51. The Morgan fingerprint density at radius 2 is 1.35 bits per heavy atom. The van der Waals surface area contributed by atoms with Gasteiger partial charge in [0.15, 0.2) is 0 Å². The Kier molecular flexibility index (Phi) is 3.30. The monoisotopic (exact) mass is 288 g/mol. The summed E-state index contributed by atoms with van der Waals surface area (Å²) in [4.78, 5) is 0. The molecule has 0 aromatic heterocycles. The van der Waals surface area contributed by atoms with Crippen molar-refractivity contribution in [1.82, 2.24) is 0 Å². The predicted molar refractivity (Wildman–Crippen MR) is 79.2 cm³/mol. The first-order chi connectivity index (χ1) is 9.69. The molecular formula is C15H15NO3P-. The maximum absolute atomic E-state index is 12.9. The van der Waals surface area contributed by atoms with Gasteiger partial charge in [-0.1, -0.05) is 47.5 Å². The van der Waals surface area contributed by atoms with Crippen molar-refractivity contribution in [1.29, 1.82) is 0 Å². The molecular weight excluding hydrogens is 273 g/mol. The molecule has 1 heterocycles. The highest BCUT2D eigenvalue weighted by Gasteiger charge is 2.35. The number of rotatable bonds is 3. The van der Waals surface area contributed by atoms with Crippen LogP contribution in [0.3, 0.4) is 0 Å². The molecule has 5 heteroatoms. The molecule has 2 aromatic carbocycles. The van der Waals surface area contributed by atoms with Crippen LogP contribution in [0.2, 0.25) is 0 Å². The minimum Gasteiger partial charge on any atom is -0.418 e. The third-order valence-electron chi connectivity index (χ3n) is 3.39. The van der Waals surface area contributed by atoms with E-state index in [0.29, 0.717) is 5.66 Å². The third kappa shape index (κ3) is 1.93. The summed E-state index contributed by atoms with van der Waals surface area (Å²) in [6.07, 6.45) is 0. The van der Waals surface area contributed by atoms with Gasteiger partial charge in [0.25, 0.3) is 0 Å². The van der Waals surface area contributed by atoms with Gasteiger partial charge in [0.05, 0.1) is 0 Å². The van der Waals surface area contributed by atoms with E-state index in [0.717, 1.165) is 22.5 Å². The number of anilines is 2. The zero-order chi connectivity index (χ0) is 14.2. The van der Waals surface area contributed by atoms with E-state index in [1.807, 2.05) is 48.5 Å². The summed E-state index contributed by atoms with van der Waals surface area (Å²) in [7, 11) is -0.530. The van der Waals surface area contributed by atoms with Gasteiger partial charge in [-0.05, 0) is 11.4 Å². The lowest BCUT2D eigenvalue weighted by atomic mass is 9.97. The highest BCUT2D eigenvalue weighted by molar-refractivity contribution is 7.58. The van der Waals surface area contributed by atoms with Crippen LogP contribution in [-0.4, -0.2) is 14.2 Å². The van der Waals surface area contributed by atoms with E-state index in [9.17, 15) is 4.57 Å². The van der Waals surface area contributed by atoms with E-state index >= 15 is 0 Å². The van der Waals surface area contributed by atoms with Gasteiger partial charge in [0, 0.05) is 19.9 Å². The van der Waals surface area contributed by atoms with Gasteiger partial charge in [-0.15, -0.1) is 12.1 Å². The second kappa shape index (κ2) is 4.98. The van der Waals surface area contributed by atoms with Gasteiger partial charge >= 0.3 is 7.60 Å². The molecule has 0 atom stereocenters. The molecule has 4 nitrogen and oxygen atoms in total. The molecule has 0 saturated carbocycles. The largest absolute Gasteiger partial charge is 0.418 e. The Morgan fingerprint density at radius 1 is 0.900 bits per heavy atom. The van der Waals surface area contributed by atoms with Gasteiger partial charge in [0.2, 0.25) is 0 Å². The number of hydrogen-bond donors (Lipinski definition) is 1. The highest BCUT2D eigenvalue weighted by atomic mass is 31.2. The van der Waals surface area contributed by atoms with Crippen molar-refractivity contribution >= 4 is 19.0 Å². The predicted octanol–water partition coefficient (Wildman–Crippen LogP) is 4.16. The summed E-state index contributed by atoms with van der Waals surface area (Å²) < 4.78 is 23.3. The number of nitrogens with one attached hydrogen (secondary N) is 1. The Balaban J connectivity index is 2.25. The fraction of sp³-hybridized carbons (Fsp3) is 0.133. The number of fused-ring (bicyclic) bond motifs is 2. The Morgan fingerprint density at radius 3 is 1.80 bits per heavy atom. The van der Waals surface area contributed by atoms with Crippen LogP contribution in [0.15, 0.2) is 48.5 Å². The van der Waals surface area contributed by atoms with Crippen molar-refractivity contribution in [3.8, 4) is 0 Å². The van der Waals surface area contributed by atoms with Crippen LogP contribution in [-0.2, 0) is 13.6 Å². The molecule has 0 bridgehead atoms. The van der Waals surface area contributed by atoms with Gasteiger partial charge in [-0.3, -0.25) is 4.57 Å². The summed E-state index contributed by atoms with van der Waals surface area (Å²) >= 11 is 0. The Hall–Kier alpha value is -1.74. The average molecular weight is 288 g/mol. The lowest BCUT2D eigenvalue weighted by Crippen LogP contribution is -2.15. The molecule has 104 valence electrons. The Bertz CT molecular complexity index is 633. The van der Waals surface area contributed by atoms with Gasteiger partial charge in [-0.25, -0.2) is 0 Å². The quantitative estimate of drug-likeness (QED) is 0.680. The zero-order valence-corrected chi connectivity index (χ0v) is 12.2. The summed E-state index contributed by atoms with van der Waals surface area (Å²) in [6.45, 7) is 0. The van der Waals surface area contributed by atoms with Crippen LogP contribution in [0.25, 0.3) is 0 Å². The van der Waals surface area contributed by atoms with Gasteiger partial charge < -0.3 is 14.4 Å². The smallest absolute Gasteiger partial charge is 0.329 e. The van der Waals surface area contributed by atoms with Crippen LogP contribution in [0.4, 0.5) is 11.4 Å². The zero-order valence-electron chi connectivity index (χ0n) is 11.3. The van der Waals surface area contributed by atoms with E-state index in [2.05, 4.69) is 5.32 Å². The van der Waals surface area contributed by atoms with Crippen molar-refractivity contribution in [2.45, 2.75) is 0 Å². The standard InChI is InChI=1S/C15H15NO3P/c1-18-20(17,19-2)15-11-7-3-5-9-13(11)16-14-10-6-4-8-12(14)15/h3-10,16H,1-2H3/q-1. The van der Waals surface area contributed by atoms with Crippen LogP contribution >= 0.6 is 7.60 Å². The second-order valence-electron chi connectivity index (χ2n) is 4.43. The minimum atomic E-state index is -3.34. The molecule has 0 amide bonds. The molecule has 1 N–H and O–H groups in total. The SMILES string of the molecule is COP(=O)(OC)[C-]1c2ccccc2Nc2ccccc21. The molecule has 2 aromatic rings. The third-order valence-corrected chi connectivity index (χ3v) is 5.38. The molecule has 1 aliphatic heterocycles. The van der Waals surface area contributed by atoms with E-state index in [1.54, 1.807) is 0 Å². The van der Waals surface area contributed by atoms with Crippen molar-refractivity contribution in [3.63, 3.8) is 0 Å². The first-order valence-electron chi connectivity index (χ1n) is 6.24. The maximum Gasteiger partial charge on any atom is 0.329 e. The first-order valence-corrected chi connectivity index (χ1v) is 7.79. The molecule has 0 saturated heterocycles. The van der Waals surface area contributed by atoms with E-state index in [4.69, 9.17) is 9.05 Å². The summed E-state index contributed by atoms with van der Waals surface area (Å²) in [5.74, 6) is 0. The fourth-order valence-corrected chi connectivity index (χ4v) is 3.93. The minimum absolute atomic E-state index is 0.604. The molecule has 0 unspecified atom stereocenters. The molecule has 0 radical (unpaired) electrons. The molecule has 3 rings (SSSR count). The van der Waals surface area contributed by atoms with Crippen molar-refractivity contribution in [3.05, 3.63) is 65.3 Å². The maximum atomic E-state index is 12.9. The number of benzene rings is 2. The number of hydrogen-bond acceptors (Lipinski definition) is 4. The fourth-order valence-electron chi connectivity index (χ4n) is 2.44. The molecule has 0 fully saturated rings. The lowest BCUT2D eigenvalue weighted by Gasteiger charge is -2.38. The normalized spacial score (nSPS) is 13.4. The molecule has 20 heavy (non-hydrogen) atoms. The summed E-state index contributed by atoms with van der Waals surface area (Å²) in [6, 6.07) is 15.4. The molecule has 0 spiro atoms. The van der Waals surface area contributed by atoms with Crippen LogP contribution in [0.1, 0.15) is 11.1 Å². The number of para-hydroxylation sites is 2. The van der Waals surface area contributed by atoms with Crippen LogP contribution in [0.5, 0.6) is 0 Å². The van der Waals surface area contributed by atoms with E-state index in [1.165, 1.54) is 14.2 Å².